The molecule has 25 heavy (non-hydrogen) atoms. The van der Waals surface area contributed by atoms with Crippen molar-refractivity contribution in [3.8, 4) is 0 Å². The van der Waals surface area contributed by atoms with Crippen LogP contribution in [0.5, 0.6) is 0 Å². The molecule has 0 saturated heterocycles. The number of fused-ring (bicyclic) bond motifs is 1. The first kappa shape index (κ1) is 15.7. The Morgan fingerprint density at radius 2 is 1.92 bits per heavy atom. The van der Waals surface area contributed by atoms with Crippen LogP contribution in [0.25, 0.3) is 11.0 Å². The van der Waals surface area contributed by atoms with Gasteiger partial charge in [-0.05, 0) is 55.0 Å². The molecule has 1 aliphatic rings. The van der Waals surface area contributed by atoms with E-state index in [1.54, 1.807) is 6.20 Å². The molecule has 0 bridgehead atoms. The Labute approximate surface area is 147 Å². The van der Waals surface area contributed by atoms with Crippen molar-refractivity contribution in [1.82, 2.24) is 20.2 Å². The fraction of sp³-hybridized carbons (Fsp3) is 0.368. The van der Waals surface area contributed by atoms with E-state index < -0.39 is 0 Å². The maximum absolute atomic E-state index is 4.68. The fourth-order valence-corrected chi connectivity index (χ4v) is 2.83. The topological polar surface area (TPSA) is 75.6 Å². The maximum atomic E-state index is 4.68. The van der Waals surface area contributed by atoms with Gasteiger partial charge in [-0.2, -0.15) is 5.10 Å². The zero-order valence-electron chi connectivity index (χ0n) is 14.5. The highest BCUT2D eigenvalue weighted by Crippen LogP contribution is 2.25. The molecule has 2 N–H and O–H groups in total. The van der Waals surface area contributed by atoms with Crippen molar-refractivity contribution in [2.45, 2.75) is 45.1 Å². The van der Waals surface area contributed by atoms with Crippen LogP contribution < -0.4 is 10.6 Å². The van der Waals surface area contributed by atoms with Gasteiger partial charge in [0.05, 0.1) is 29.1 Å². The van der Waals surface area contributed by atoms with Gasteiger partial charge < -0.3 is 10.6 Å². The van der Waals surface area contributed by atoms with E-state index >= 15 is 0 Å². The predicted molar refractivity (Wildman–Crippen MR) is 100 cm³/mol. The third-order valence-electron chi connectivity index (χ3n) is 4.61. The normalized spacial score (nSPS) is 14.5. The third kappa shape index (κ3) is 3.52. The van der Waals surface area contributed by atoms with Gasteiger partial charge in [0.15, 0.2) is 5.82 Å². The summed E-state index contributed by atoms with van der Waals surface area (Å²) >= 11 is 0. The molecule has 3 aromatic rings. The standard InChI is InChI=1S/C19H22N6/c1-12(2)13-8-19(25-21-10-13)24-18-7-6-16-17(23-18)9-15(11-20-16)22-14-4-3-5-14/h6-12,14,22H,3-5H2,1-2H3,(H,23,24,25). The molecule has 6 heteroatoms. The van der Waals surface area contributed by atoms with Crippen LogP contribution in [-0.4, -0.2) is 26.2 Å². The summed E-state index contributed by atoms with van der Waals surface area (Å²) in [5.74, 6) is 1.85. The van der Waals surface area contributed by atoms with Gasteiger partial charge in [-0.3, -0.25) is 4.98 Å². The van der Waals surface area contributed by atoms with Crippen LogP contribution in [0.3, 0.4) is 0 Å². The zero-order valence-corrected chi connectivity index (χ0v) is 14.5. The largest absolute Gasteiger partial charge is 0.381 e. The number of pyridine rings is 2. The lowest BCUT2D eigenvalue weighted by atomic mass is 9.93. The number of anilines is 3. The van der Waals surface area contributed by atoms with E-state index in [9.17, 15) is 0 Å². The molecule has 0 spiro atoms. The summed E-state index contributed by atoms with van der Waals surface area (Å²) in [5, 5.41) is 15.0. The Morgan fingerprint density at radius 1 is 1.04 bits per heavy atom. The van der Waals surface area contributed by atoms with E-state index in [-0.39, 0.29) is 0 Å². The Bertz CT molecular complexity index is 888. The first-order valence-corrected chi connectivity index (χ1v) is 8.80. The number of nitrogens with one attached hydrogen (secondary N) is 2. The van der Waals surface area contributed by atoms with Crippen LogP contribution in [0, 0.1) is 0 Å². The quantitative estimate of drug-likeness (QED) is 0.726. The molecular formula is C19H22N6. The average molecular weight is 334 g/mol. The van der Waals surface area contributed by atoms with Crippen LogP contribution in [0.1, 0.15) is 44.6 Å². The van der Waals surface area contributed by atoms with Crippen molar-refractivity contribution < 1.29 is 0 Å². The Morgan fingerprint density at radius 3 is 2.68 bits per heavy atom. The van der Waals surface area contributed by atoms with Gasteiger partial charge in [-0.1, -0.05) is 13.8 Å². The van der Waals surface area contributed by atoms with Gasteiger partial charge in [0.25, 0.3) is 0 Å². The van der Waals surface area contributed by atoms with Gasteiger partial charge in [0.1, 0.15) is 5.82 Å². The first-order valence-electron chi connectivity index (χ1n) is 8.80. The lowest BCUT2D eigenvalue weighted by molar-refractivity contribution is 0.445. The van der Waals surface area contributed by atoms with Gasteiger partial charge in [-0.15, -0.1) is 5.10 Å². The van der Waals surface area contributed by atoms with Gasteiger partial charge in [0.2, 0.25) is 0 Å². The second-order valence-corrected chi connectivity index (χ2v) is 6.88. The van der Waals surface area contributed by atoms with Gasteiger partial charge >= 0.3 is 0 Å². The number of aromatic nitrogens is 4. The zero-order chi connectivity index (χ0) is 17.2. The predicted octanol–water partition coefficient (Wildman–Crippen LogP) is 4.25. The van der Waals surface area contributed by atoms with Crippen LogP contribution in [-0.2, 0) is 0 Å². The minimum absolute atomic E-state index is 0.407. The molecule has 0 aromatic carbocycles. The van der Waals surface area contributed by atoms with Crippen LogP contribution in [0.4, 0.5) is 17.3 Å². The SMILES string of the molecule is CC(C)c1cnnc(Nc2ccc3ncc(NC4CCC4)cc3n2)c1. The summed E-state index contributed by atoms with van der Waals surface area (Å²) in [5.41, 5.74) is 3.92. The highest BCUT2D eigenvalue weighted by molar-refractivity contribution is 5.79. The van der Waals surface area contributed by atoms with Crippen molar-refractivity contribution in [1.29, 1.82) is 0 Å². The van der Waals surface area contributed by atoms with E-state index in [1.165, 1.54) is 19.3 Å². The lowest BCUT2D eigenvalue weighted by Crippen LogP contribution is -2.26. The van der Waals surface area contributed by atoms with Crippen molar-refractivity contribution in [3.63, 3.8) is 0 Å². The second-order valence-electron chi connectivity index (χ2n) is 6.88. The Balaban J connectivity index is 1.57. The number of hydrogen-bond acceptors (Lipinski definition) is 6. The molecule has 6 nitrogen and oxygen atoms in total. The summed E-state index contributed by atoms with van der Waals surface area (Å²) in [6.45, 7) is 4.27. The minimum atomic E-state index is 0.407. The molecule has 0 atom stereocenters. The summed E-state index contributed by atoms with van der Waals surface area (Å²) in [7, 11) is 0. The second kappa shape index (κ2) is 6.63. The maximum Gasteiger partial charge on any atom is 0.154 e. The van der Waals surface area contributed by atoms with Crippen molar-refractivity contribution in [2.24, 2.45) is 0 Å². The average Bonchev–Trinajstić information content (AvgIpc) is 2.58. The molecule has 0 radical (unpaired) electrons. The van der Waals surface area contributed by atoms with Crippen molar-refractivity contribution >= 4 is 28.4 Å². The molecule has 1 saturated carbocycles. The molecule has 3 heterocycles. The van der Waals surface area contributed by atoms with E-state index in [4.69, 9.17) is 0 Å². The molecule has 3 aromatic heterocycles. The summed E-state index contributed by atoms with van der Waals surface area (Å²) in [4.78, 5) is 9.17. The number of hydrogen-bond donors (Lipinski definition) is 2. The van der Waals surface area contributed by atoms with Crippen molar-refractivity contribution in [3.05, 3.63) is 42.2 Å². The van der Waals surface area contributed by atoms with Crippen LogP contribution in [0.15, 0.2) is 36.7 Å². The lowest BCUT2D eigenvalue weighted by Gasteiger charge is -2.27. The molecule has 1 fully saturated rings. The molecule has 0 amide bonds. The van der Waals surface area contributed by atoms with E-state index in [0.29, 0.717) is 17.8 Å². The van der Waals surface area contributed by atoms with E-state index in [0.717, 1.165) is 28.1 Å². The Kier molecular flexibility index (Phi) is 4.17. The Hall–Kier alpha value is -2.76. The minimum Gasteiger partial charge on any atom is -0.381 e. The fourth-order valence-electron chi connectivity index (χ4n) is 2.83. The number of rotatable bonds is 5. The van der Waals surface area contributed by atoms with Crippen LogP contribution in [0.2, 0.25) is 0 Å². The van der Waals surface area contributed by atoms with E-state index in [2.05, 4.69) is 50.7 Å². The van der Waals surface area contributed by atoms with E-state index in [1.807, 2.05) is 24.4 Å². The molecular weight excluding hydrogens is 312 g/mol. The van der Waals surface area contributed by atoms with Gasteiger partial charge in [-0.25, -0.2) is 4.98 Å². The summed E-state index contributed by atoms with van der Waals surface area (Å²) in [6, 6.07) is 8.53. The highest BCUT2D eigenvalue weighted by atomic mass is 15.2. The van der Waals surface area contributed by atoms with Crippen molar-refractivity contribution in [2.75, 3.05) is 10.6 Å². The summed E-state index contributed by atoms with van der Waals surface area (Å²) < 4.78 is 0. The van der Waals surface area contributed by atoms with Gasteiger partial charge in [0, 0.05) is 6.04 Å². The third-order valence-corrected chi connectivity index (χ3v) is 4.61. The summed E-state index contributed by atoms with van der Waals surface area (Å²) in [6.07, 6.45) is 7.45. The smallest absolute Gasteiger partial charge is 0.154 e. The molecule has 4 rings (SSSR count). The monoisotopic (exact) mass is 334 g/mol. The molecule has 128 valence electrons. The molecule has 1 aliphatic carbocycles. The number of nitrogens with zero attached hydrogens (tertiary/aromatic N) is 4. The highest BCUT2D eigenvalue weighted by Gasteiger charge is 2.17. The molecule has 0 aliphatic heterocycles. The molecule has 0 unspecified atom stereocenters. The van der Waals surface area contributed by atoms with Crippen LogP contribution >= 0.6 is 0 Å². The first-order chi connectivity index (χ1) is 12.2.